The first-order valence-electron chi connectivity index (χ1n) is 3.73. The van der Waals surface area contributed by atoms with Crippen molar-refractivity contribution in [2.75, 3.05) is 14.1 Å². The Morgan fingerprint density at radius 2 is 1.53 bits per heavy atom. The molecule has 15 heavy (non-hydrogen) atoms. The van der Waals surface area contributed by atoms with E-state index >= 15 is 0 Å². The molecule has 0 saturated carbocycles. The van der Waals surface area contributed by atoms with Gasteiger partial charge in [0.25, 0.3) is 0 Å². The number of hydrogen-bond acceptors (Lipinski definition) is 3. The second-order valence-corrected chi connectivity index (χ2v) is 2.96. The zero-order chi connectivity index (χ0) is 12.0. The molecule has 0 aromatic rings. The molecule has 3 nitrogen and oxygen atoms in total. The summed E-state index contributed by atoms with van der Waals surface area (Å²) in [6.45, 7) is 0. The number of alkyl halides is 6. The van der Waals surface area contributed by atoms with Crippen LogP contribution >= 0.6 is 0 Å². The van der Waals surface area contributed by atoms with E-state index in [0.29, 0.717) is 10.0 Å². The fourth-order valence-corrected chi connectivity index (χ4v) is 1.14. The van der Waals surface area contributed by atoms with E-state index in [4.69, 9.17) is 0 Å². The molecule has 0 radical (unpaired) electrons. The lowest BCUT2D eigenvalue weighted by Gasteiger charge is -2.27. The third kappa shape index (κ3) is 2.16. The maximum atomic E-state index is 12.2. The highest BCUT2D eigenvalue weighted by atomic mass is 19.4. The van der Waals surface area contributed by atoms with Crippen LogP contribution in [0.15, 0.2) is 4.99 Å². The molecule has 0 aromatic heterocycles. The molecule has 1 aliphatic heterocycles. The van der Waals surface area contributed by atoms with Crippen molar-refractivity contribution < 1.29 is 26.3 Å². The summed E-state index contributed by atoms with van der Waals surface area (Å²) < 4.78 is 73.1. The zero-order valence-electron chi connectivity index (χ0n) is 7.69. The van der Waals surface area contributed by atoms with Crippen molar-refractivity contribution in [2.45, 2.75) is 18.5 Å². The fourth-order valence-electron chi connectivity index (χ4n) is 1.14. The normalized spacial score (nSPS) is 24.7. The number of rotatable bonds is 0. The molecule has 9 heteroatoms. The maximum absolute atomic E-state index is 12.2. The summed E-state index contributed by atoms with van der Waals surface area (Å²) in [5.41, 5.74) is 0. The summed E-state index contributed by atoms with van der Waals surface area (Å²) in [7, 11) is 1.76. The average Bonchev–Trinajstić information content (AvgIpc) is 2.26. The molecule has 0 fully saturated rings. The SMILES string of the molecule is CN1C(C(F)(F)F)=NC(C(F)(F)F)N1C. The van der Waals surface area contributed by atoms with E-state index in [1.165, 1.54) is 0 Å². The quantitative estimate of drug-likeness (QED) is 0.594. The van der Waals surface area contributed by atoms with Gasteiger partial charge in [-0.1, -0.05) is 0 Å². The molecule has 0 saturated heterocycles. The first kappa shape index (κ1) is 12.1. The predicted molar refractivity (Wildman–Crippen MR) is 38.9 cm³/mol. The highest BCUT2D eigenvalue weighted by Crippen LogP contribution is 2.33. The monoisotopic (exact) mass is 235 g/mol. The van der Waals surface area contributed by atoms with E-state index in [0.717, 1.165) is 14.1 Å². The Morgan fingerprint density at radius 1 is 1.07 bits per heavy atom. The molecule has 1 heterocycles. The van der Waals surface area contributed by atoms with Crippen LogP contribution in [0.5, 0.6) is 0 Å². The topological polar surface area (TPSA) is 18.8 Å². The van der Waals surface area contributed by atoms with E-state index in [1.54, 1.807) is 0 Å². The van der Waals surface area contributed by atoms with Crippen LogP contribution in [0.3, 0.4) is 0 Å². The maximum Gasteiger partial charge on any atom is 0.450 e. The lowest BCUT2D eigenvalue weighted by atomic mass is 10.5. The molecule has 1 rings (SSSR count). The van der Waals surface area contributed by atoms with Gasteiger partial charge >= 0.3 is 12.4 Å². The molecule has 0 N–H and O–H groups in total. The van der Waals surface area contributed by atoms with Gasteiger partial charge in [-0.05, 0) is 0 Å². The number of halogens is 6. The highest BCUT2D eigenvalue weighted by Gasteiger charge is 2.53. The van der Waals surface area contributed by atoms with Gasteiger partial charge in [0.1, 0.15) is 0 Å². The third-order valence-electron chi connectivity index (χ3n) is 1.92. The summed E-state index contributed by atoms with van der Waals surface area (Å²) >= 11 is 0. The zero-order valence-corrected chi connectivity index (χ0v) is 7.69. The van der Waals surface area contributed by atoms with Gasteiger partial charge < -0.3 is 0 Å². The molecule has 88 valence electrons. The Balaban J connectivity index is 3.03. The Morgan fingerprint density at radius 3 is 1.73 bits per heavy atom. The summed E-state index contributed by atoms with van der Waals surface area (Å²) in [4.78, 5) is 2.61. The van der Waals surface area contributed by atoms with Crippen molar-refractivity contribution >= 4 is 5.84 Å². The van der Waals surface area contributed by atoms with E-state index in [-0.39, 0.29) is 0 Å². The van der Waals surface area contributed by atoms with Crippen LogP contribution in [0.2, 0.25) is 0 Å². The van der Waals surface area contributed by atoms with Gasteiger partial charge in [0.2, 0.25) is 12.0 Å². The highest BCUT2D eigenvalue weighted by molar-refractivity contribution is 5.88. The lowest BCUT2D eigenvalue weighted by molar-refractivity contribution is -0.193. The smallest absolute Gasteiger partial charge is 0.287 e. The first-order chi connectivity index (χ1) is 6.55. The van der Waals surface area contributed by atoms with Gasteiger partial charge in [0, 0.05) is 14.1 Å². The van der Waals surface area contributed by atoms with Crippen molar-refractivity contribution in [3.05, 3.63) is 0 Å². The second kappa shape index (κ2) is 3.26. The number of nitrogens with zero attached hydrogens (tertiary/aromatic N) is 3. The molecule has 0 spiro atoms. The van der Waals surface area contributed by atoms with Gasteiger partial charge in [-0.15, -0.1) is 0 Å². The average molecular weight is 235 g/mol. The number of hydrazine groups is 1. The van der Waals surface area contributed by atoms with Crippen LogP contribution in [-0.2, 0) is 0 Å². The molecule has 1 unspecified atom stereocenters. The van der Waals surface area contributed by atoms with Crippen molar-refractivity contribution in [3.8, 4) is 0 Å². The van der Waals surface area contributed by atoms with Crippen LogP contribution in [0.4, 0.5) is 26.3 Å². The van der Waals surface area contributed by atoms with Crippen LogP contribution in [0.1, 0.15) is 0 Å². The molecule has 0 aliphatic carbocycles. The number of hydrogen-bond donors (Lipinski definition) is 0. The van der Waals surface area contributed by atoms with E-state index in [2.05, 4.69) is 4.99 Å². The van der Waals surface area contributed by atoms with E-state index in [9.17, 15) is 26.3 Å². The predicted octanol–water partition coefficient (Wildman–Crippen LogP) is 1.63. The summed E-state index contributed by atoms with van der Waals surface area (Å²) in [5.74, 6) is -1.55. The minimum atomic E-state index is -4.89. The molecule has 1 aliphatic rings. The minimum absolute atomic E-state index is 0.332. The Hall–Kier alpha value is -0.990. The van der Waals surface area contributed by atoms with Crippen molar-refractivity contribution in [2.24, 2.45) is 4.99 Å². The molecule has 0 aromatic carbocycles. The summed E-state index contributed by atoms with van der Waals surface area (Å²) in [6.07, 6.45) is -12.2. The second-order valence-electron chi connectivity index (χ2n) is 2.96. The molecule has 1 atom stereocenters. The molecular formula is C6H7F6N3. The van der Waals surface area contributed by atoms with Gasteiger partial charge in [-0.2, -0.15) is 31.4 Å². The number of aliphatic imine (C=N–C) groups is 1. The standard InChI is InChI=1S/C6H7F6N3/c1-14-3(5(7,8)9)13-4(15(14)2)6(10,11)12/h3H,1-2H3. The lowest BCUT2D eigenvalue weighted by Crippen LogP contribution is -2.47. The van der Waals surface area contributed by atoms with Gasteiger partial charge in [-0.25, -0.2) is 4.99 Å². The third-order valence-corrected chi connectivity index (χ3v) is 1.92. The van der Waals surface area contributed by atoms with E-state index in [1.807, 2.05) is 0 Å². The Bertz CT molecular complexity index is 280. The van der Waals surface area contributed by atoms with Gasteiger partial charge in [0.05, 0.1) is 0 Å². The molecular weight excluding hydrogens is 228 g/mol. The van der Waals surface area contributed by atoms with Crippen molar-refractivity contribution in [3.63, 3.8) is 0 Å². The summed E-state index contributed by atoms with van der Waals surface area (Å²) in [5, 5.41) is 0.709. The summed E-state index contributed by atoms with van der Waals surface area (Å²) in [6, 6.07) is 0. The van der Waals surface area contributed by atoms with Gasteiger partial charge in [-0.3, -0.25) is 5.01 Å². The van der Waals surface area contributed by atoms with Crippen LogP contribution < -0.4 is 0 Å². The van der Waals surface area contributed by atoms with Gasteiger partial charge in [0.15, 0.2) is 0 Å². The minimum Gasteiger partial charge on any atom is -0.287 e. The van der Waals surface area contributed by atoms with Crippen molar-refractivity contribution in [1.29, 1.82) is 0 Å². The molecule has 0 amide bonds. The Labute approximate surface area is 80.9 Å². The van der Waals surface area contributed by atoms with Crippen LogP contribution in [-0.4, -0.2) is 48.5 Å². The van der Waals surface area contributed by atoms with Crippen LogP contribution in [0.25, 0.3) is 0 Å². The van der Waals surface area contributed by atoms with Crippen LogP contribution in [0, 0.1) is 0 Å². The number of amidine groups is 1. The molecule has 0 bridgehead atoms. The van der Waals surface area contributed by atoms with E-state index < -0.39 is 24.4 Å². The Kier molecular flexibility index (Phi) is 2.62. The largest absolute Gasteiger partial charge is 0.450 e. The first-order valence-corrected chi connectivity index (χ1v) is 3.73. The fraction of sp³-hybridized carbons (Fsp3) is 0.833. The van der Waals surface area contributed by atoms with Crippen molar-refractivity contribution in [1.82, 2.24) is 10.0 Å².